The summed E-state index contributed by atoms with van der Waals surface area (Å²) in [5, 5.41) is 28.4. The Kier molecular flexibility index (Phi) is 12.4. The molecule has 0 unspecified atom stereocenters. The highest BCUT2D eigenvalue weighted by Gasteiger charge is 2.40. The Balaban J connectivity index is 1.91. The van der Waals surface area contributed by atoms with Gasteiger partial charge < -0.3 is 24.8 Å². The fourth-order valence-corrected chi connectivity index (χ4v) is 2.97. The van der Waals surface area contributed by atoms with Crippen molar-refractivity contribution in [3.8, 4) is 0 Å². The highest BCUT2D eigenvalue weighted by Crippen LogP contribution is 2.20. The Morgan fingerprint density at radius 1 is 1.08 bits per heavy atom. The van der Waals surface area contributed by atoms with Crippen LogP contribution < -0.4 is 0 Å². The minimum absolute atomic E-state index is 0.273. The van der Waals surface area contributed by atoms with E-state index in [2.05, 4.69) is 19.1 Å². The molecule has 142 valence electrons. The maximum Gasteiger partial charge on any atom is 0.114 e. The lowest BCUT2D eigenvalue weighted by Crippen LogP contribution is -2.41. The summed E-state index contributed by atoms with van der Waals surface area (Å²) in [6, 6.07) is 0. The molecule has 1 aliphatic heterocycles. The van der Waals surface area contributed by atoms with Gasteiger partial charge in [-0.15, -0.1) is 0 Å². The van der Waals surface area contributed by atoms with E-state index < -0.39 is 31.0 Å². The molecule has 0 radical (unpaired) electrons. The van der Waals surface area contributed by atoms with Crippen molar-refractivity contribution < 1.29 is 24.8 Å². The van der Waals surface area contributed by atoms with Gasteiger partial charge in [-0.25, -0.2) is 0 Å². The van der Waals surface area contributed by atoms with Gasteiger partial charge in [0.15, 0.2) is 0 Å². The van der Waals surface area contributed by atoms with Gasteiger partial charge in [0.2, 0.25) is 0 Å². The minimum atomic E-state index is -1.05. The lowest BCUT2D eigenvalue weighted by molar-refractivity contribution is -0.0730. The molecule has 5 heteroatoms. The monoisotopic (exact) mass is 344 g/mol. The second-order valence-electron chi connectivity index (χ2n) is 6.59. The first-order valence-corrected chi connectivity index (χ1v) is 9.55. The number of ether oxygens (including phenoxy) is 2. The Morgan fingerprint density at radius 2 is 1.75 bits per heavy atom. The third-order valence-electron chi connectivity index (χ3n) is 4.49. The van der Waals surface area contributed by atoms with E-state index >= 15 is 0 Å². The summed E-state index contributed by atoms with van der Waals surface area (Å²) in [6.45, 7) is 2.63. The van der Waals surface area contributed by atoms with Crippen LogP contribution in [0.25, 0.3) is 0 Å². The van der Waals surface area contributed by atoms with Crippen molar-refractivity contribution in [3.05, 3.63) is 12.2 Å². The molecule has 1 fully saturated rings. The smallest absolute Gasteiger partial charge is 0.114 e. The predicted molar refractivity (Wildman–Crippen MR) is 94.9 cm³/mol. The van der Waals surface area contributed by atoms with Crippen molar-refractivity contribution in [1.29, 1.82) is 0 Å². The molecule has 1 rings (SSSR count). The van der Waals surface area contributed by atoms with Gasteiger partial charge in [-0.1, -0.05) is 51.2 Å². The summed E-state index contributed by atoms with van der Waals surface area (Å²) < 4.78 is 10.9. The van der Waals surface area contributed by atoms with Gasteiger partial charge >= 0.3 is 0 Å². The number of rotatable bonds is 14. The maximum absolute atomic E-state index is 10.0. The zero-order valence-corrected chi connectivity index (χ0v) is 15.1. The van der Waals surface area contributed by atoms with Crippen LogP contribution in [0, 0.1) is 0 Å². The van der Waals surface area contributed by atoms with Crippen molar-refractivity contribution in [2.24, 2.45) is 0 Å². The van der Waals surface area contributed by atoms with Crippen molar-refractivity contribution >= 4 is 0 Å². The summed E-state index contributed by atoms with van der Waals surface area (Å²) in [5.74, 6) is 0. The standard InChI is InChI=1S/C19H36O5/c1-2-3-4-5-6-7-8-9-10-11-12-13-23-17-15-24-19(18(17)22)16(21)14-20/h3-4,16-22H,2,5-15H2,1H3/b4-3+/t16-,17+,18-,19-/m0/s1. The largest absolute Gasteiger partial charge is 0.394 e. The van der Waals surface area contributed by atoms with Gasteiger partial charge in [-0.05, 0) is 25.7 Å². The van der Waals surface area contributed by atoms with Crippen molar-refractivity contribution in [1.82, 2.24) is 0 Å². The molecule has 1 aliphatic rings. The molecule has 1 saturated heterocycles. The summed E-state index contributed by atoms with van der Waals surface area (Å²) in [7, 11) is 0. The lowest BCUT2D eigenvalue weighted by Gasteiger charge is -2.20. The van der Waals surface area contributed by atoms with Gasteiger partial charge in [0.05, 0.1) is 13.2 Å². The van der Waals surface area contributed by atoms with Gasteiger partial charge in [0.1, 0.15) is 24.4 Å². The van der Waals surface area contributed by atoms with E-state index in [1.165, 1.54) is 38.5 Å². The topological polar surface area (TPSA) is 79.2 Å². The minimum Gasteiger partial charge on any atom is -0.394 e. The molecule has 0 aromatic rings. The van der Waals surface area contributed by atoms with Crippen LogP contribution in [0.1, 0.15) is 64.7 Å². The van der Waals surface area contributed by atoms with Crippen molar-refractivity contribution in [2.45, 2.75) is 89.1 Å². The first-order chi connectivity index (χ1) is 11.7. The van der Waals surface area contributed by atoms with Crippen LogP contribution in [0.2, 0.25) is 0 Å². The lowest BCUT2D eigenvalue weighted by atomic mass is 10.1. The van der Waals surface area contributed by atoms with Gasteiger partial charge in [0, 0.05) is 6.61 Å². The molecular weight excluding hydrogens is 308 g/mol. The Bertz CT molecular complexity index is 321. The number of hydrogen-bond acceptors (Lipinski definition) is 5. The van der Waals surface area contributed by atoms with Crippen LogP contribution in [0.5, 0.6) is 0 Å². The first-order valence-electron chi connectivity index (χ1n) is 9.55. The molecule has 1 heterocycles. The van der Waals surface area contributed by atoms with Crippen LogP contribution in [0.3, 0.4) is 0 Å². The van der Waals surface area contributed by atoms with E-state index in [0.29, 0.717) is 6.61 Å². The molecule has 4 atom stereocenters. The normalized spacial score (nSPS) is 25.6. The SMILES string of the molecule is CC/C=C/CCCCCCCCCO[C@@H]1CO[C@@H]([C@@H](O)CO)[C@H]1O. The summed E-state index contributed by atoms with van der Waals surface area (Å²) in [4.78, 5) is 0. The fraction of sp³-hybridized carbons (Fsp3) is 0.895. The number of hydrogen-bond donors (Lipinski definition) is 3. The van der Waals surface area contributed by atoms with Crippen LogP contribution in [-0.4, -0.2) is 59.6 Å². The highest BCUT2D eigenvalue weighted by molar-refractivity contribution is 4.88. The van der Waals surface area contributed by atoms with E-state index in [4.69, 9.17) is 14.6 Å². The van der Waals surface area contributed by atoms with E-state index in [1.54, 1.807) is 0 Å². The van der Waals surface area contributed by atoms with Crippen LogP contribution in [0.15, 0.2) is 12.2 Å². The summed E-state index contributed by atoms with van der Waals surface area (Å²) >= 11 is 0. The zero-order valence-electron chi connectivity index (χ0n) is 15.1. The number of unbranched alkanes of at least 4 members (excludes halogenated alkanes) is 7. The third-order valence-corrected chi connectivity index (χ3v) is 4.49. The molecule has 0 spiro atoms. The third kappa shape index (κ3) is 8.58. The van der Waals surface area contributed by atoms with E-state index in [0.717, 1.165) is 19.3 Å². The molecule has 0 aliphatic carbocycles. The zero-order chi connectivity index (χ0) is 17.6. The average molecular weight is 344 g/mol. The van der Waals surface area contributed by atoms with Crippen LogP contribution >= 0.6 is 0 Å². The molecule has 24 heavy (non-hydrogen) atoms. The Hall–Kier alpha value is -0.460. The highest BCUT2D eigenvalue weighted by atomic mass is 16.6. The van der Waals surface area contributed by atoms with Gasteiger partial charge in [-0.2, -0.15) is 0 Å². The molecule has 0 aromatic carbocycles. The molecule has 3 N–H and O–H groups in total. The van der Waals surface area contributed by atoms with Crippen LogP contribution in [-0.2, 0) is 9.47 Å². The number of aliphatic hydroxyl groups is 3. The molecule has 0 bridgehead atoms. The Morgan fingerprint density at radius 3 is 2.42 bits per heavy atom. The average Bonchev–Trinajstić information content (AvgIpc) is 2.96. The number of aliphatic hydroxyl groups excluding tert-OH is 3. The molecule has 5 nitrogen and oxygen atoms in total. The van der Waals surface area contributed by atoms with E-state index in [-0.39, 0.29) is 6.61 Å². The summed E-state index contributed by atoms with van der Waals surface area (Å²) in [5.41, 5.74) is 0. The first kappa shape index (κ1) is 21.6. The number of allylic oxidation sites excluding steroid dienone is 2. The second-order valence-corrected chi connectivity index (χ2v) is 6.59. The summed E-state index contributed by atoms with van der Waals surface area (Å²) in [6.07, 6.45) is 12.3. The van der Waals surface area contributed by atoms with Crippen LogP contribution in [0.4, 0.5) is 0 Å². The second kappa shape index (κ2) is 13.8. The van der Waals surface area contributed by atoms with E-state index in [1.807, 2.05) is 0 Å². The molecular formula is C19H36O5. The van der Waals surface area contributed by atoms with Crippen molar-refractivity contribution in [3.63, 3.8) is 0 Å². The van der Waals surface area contributed by atoms with Gasteiger partial charge in [0.25, 0.3) is 0 Å². The molecule has 0 amide bonds. The maximum atomic E-state index is 10.0. The fourth-order valence-electron chi connectivity index (χ4n) is 2.97. The van der Waals surface area contributed by atoms with Gasteiger partial charge in [-0.3, -0.25) is 0 Å². The molecule has 0 aromatic heterocycles. The van der Waals surface area contributed by atoms with Crippen molar-refractivity contribution in [2.75, 3.05) is 19.8 Å². The quantitative estimate of drug-likeness (QED) is 0.333. The predicted octanol–water partition coefficient (Wildman–Crippen LogP) is 2.57. The molecule has 0 saturated carbocycles. The van der Waals surface area contributed by atoms with E-state index in [9.17, 15) is 10.2 Å². The Labute approximate surface area is 146 Å².